The Morgan fingerprint density at radius 1 is 1.47 bits per heavy atom. The zero-order chi connectivity index (χ0) is 11.4. The van der Waals surface area contributed by atoms with E-state index < -0.39 is 4.92 Å². The number of rotatable bonds is 4. The highest BCUT2D eigenvalue weighted by Crippen LogP contribution is 2.20. The van der Waals surface area contributed by atoms with E-state index in [2.05, 4.69) is 6.58 Å². The number of nitrogens with zero attached hydrogens (tertiary/aromatic N) is 1. The van der Waals surface area contributed by atoms with Crippen LogP contribution in [0.3, 0.4) is 0 Å². The number of allylic oxidation sites excluding steroid dienone is 1. The third-order valence-electron chi connectivity index (χ3n) is 2.14. The smallest absolute Gasteiger partial charge is 0.269 e. The second-order valence-electron chi connectivity index (χ2n) is 3.17. The van der Waals surface area contributed by atoms with Crippen LogP contribution in [0.1, 0.15) is 18.4 Å². The quantitative estimate of drug-likeness (QED) is 0.431. The molecule has 4 nitrogen and oxygen atoms in total. The monoisotopic (exact) mass is 205 g/mol. The average Bonchev–Trinajstić information content (AvgIpc) is 2.19. The number of carbonyl (C=O) groups excluding carboxylic acids is 1. The molecule has 1 unspecified atom stereocenters. The van der Waals surface area contributed by atoms with Crippen molar-refractivity contribution in [2.24, 2.45) is 0 Å². The predicted molar refractivity (Wildman–Crippen MR) is 56.7 cm³/mol. The number of hydrogen-bond acceptors (Lipinski definition) is 3. The molecule has 0 N–H and O–H groups in total. The van der Waals surface area contributed by atoms with Crippen molar-refractivity contribution in [2.75, 3.05) is 0 Å². The standard InChI is InChI=1S/C11H11NO3/c1-3-11(8(2)13)9-4-6-10(7-5-9)12(14)15/h3-7,11H,1H2,2H3. The number of hydrogen-bond donors (Lipinski definition) is 0. The van der Waals surface area contributed by atoms with E-state index in [4.69, 9.17) is 0 Å². The Morgan fingerprint density at radius 3 is 2.33 bits per heavy atom. The fourth-order valence-electron chi connectivity index (χ4n) is 1.34. The maximum absolute atomic E-state index is 11.2. The third kappa shape index (κ3) is 2.49. The van der Waals surface area contributed by atoms with Crippen molar-refractivity contribution in [3.8, 4) is 0 Å². The molecule has 0 aromatic heterocycles. The van der Waals surface area contributed by atoms with Crippen LogP contribution in [0.5, 0.6) is 0 Å². The summed E-state index contributed by atoms with van der Waals surface area (Å²) in [5.74, 6) is -0.412. The Balaban J connectivity index is 3.02. The molecule has 0 amide bonds. The van der Waals surface area contributed by atoms with Gasteiger partial charge in [-0.15, -0.1) is 6.58 Å². The number of nitro groups is 1. The van der Waals surface area contributed by atoms with Crippen LogP contribution in [-0.2, 0) is 4.79 Å². The minimum absolute atomic E-state index is 0.0186. The molecular weight excluding hydrogens is 194 g/mol. The van der Waals surface area contributed by atoms with Gasteiger partial charge in [0.1, 0.15) is 5.78 Å². The molecule has 15 heavy (non-hydrogen) atoms. The lowest BCUT2D eigenvalue weighted by atomic mass is 9.95. The van der Waals surface area contributed by atoms with Crippen molar-refractivity contribution < 1.29 is 9.72 Å². The van der Waals surface area contributed by atoms with Crippen LogP contribution >= 0.6 is 0 Å². The van der Waals surface area contributed by atoms with Gasteiger partial charge in [-0.3, -0.25) is 14.9 Å². The van der Waals surface area contributed by atoms with Gasteiger partial charge in [0.2, 0.25) is 0 Å². The summed E-state index contributed by atoms with van der Waals surface area (Å²) in [7, 11) is 0. The van der Waals surface area contributed by atoms with Crippen molar-refractivity contribution in [3.63, 3.8) is 0 Å². The van der Waals surface area contributed by atoms with Gasteiger partial charge in [-0.25, -0.2) is 0 Å². The van der Waals surface area contributed by atoms with E-state index in [0.717, 1.165) is 5.56 Å². The van der Waals surface area contributed by atoms with Crippen LogP contribution in [0.2, 0.25) is 0 Å². The molecule has 0 aliphatic rings. The van der Waals surface area contributed by atoms with E-state index in [1.807, 2.05) is 0 Å². The summed E-state index contributed by atoms with van der Waals surface area (Å²) in [5, 5.41) is 10.4. The second-order valence-corrected chi connectivity index (χ2v) is 3.17. The Morgan fingerprint density at radius 2 is 2.00 bits per heavy atom. The SMILES string of the molecule is C=CC(C(C)=O)c1ccc([N+](=O)[O-])cc1. The van der Waals surface area contributed by atoms with Gasteiger partial charge in [0.25, 0.3) is 5.69 Å². The summed E-state index contributed by atoms with van der Waals surface area (Å²) in [6.07, 6.45) is 1.53. The van der Waals surface area contributed by atoms with E-state index in [-0.39, 0.29) is 17.4 Å². The number of ketones is 1. The van der Waals surface area contributed by atoms with Crippen molar-refractivity contribution in [2.45, 2.75) is 12.8 Å². The first-order chi connectivity index (χ1) is 7.06. The van der Waals surface area contributed by atoms with Crippen molar-refractivity contribution in [1.29, 1.82) is 0 Å². The average molecular weight is 205 g/mol. The molecule has 0 aliphatic carbocycles. The molecule has 1 aromatic carbocycles. The molecule has 0 fully saturated rings. The van der Waals surface area contributed by atoms with Gasteiger partial charge in [0.05, 0.1) is 10.8 Å². The first-order valence-electron chi connectivity index (χ1n) is 4.43. The number of Topliss-reactive ketones (excluding diaryl/α,β-unsaturated/α-hetero) is 1. The third-order valence-corrected chi connectivity index (χ3v) is 2.14. The van der Waals surface area contributed by atoms with E-state index >= 15 is 0 Å². The minimum atomic E-state index is -0.472. The zero-order valence-corrected chi connectivity index (χ0v) is 8.34. The summed E-state index contributed by atoms with van der Waals surface area (Å²) in [5.41, 5.74) is 0.744. The van der Waals surface area contributed by atoms with Gasteiger partial charge >= 0.3 is 0 Å². The second kappa shape index (κ2) is 4.50. The predicted octanol–water partition coefficient (Wildman–Crippen LogP) is 2.45. The lowest BCUT2D eigenvalue weighted by Gasteiger charge is -2.07. The lowest BCUT2D eigenvalue weighted by Crippen LogP contribution is -2.05. The number of benzene rings is 1. The molecule has 0 radical (unpaired) electrons. The molecule has 0 saturated heterocycles. The van der Waals surface area contributed by atoms with Gasteiger partial charge in [-0.1, -0.05) is 18.2 Å². The summed E-state index contributed by atoms with van der Waals surface area (Å²) < 4.78 is 0. The van der Waals surface area contributed by atoms with Crippen molar-refractivity contribution >= 4 is 11.5 Å². The molecule has 1 rings (SSSR count). The normalized spacial score (nSPS) is 11.8. The van der Waals surface area contributed by atoms with Crippen LogP contribution in [0, 0.1) is 10.1 Å². The summed E-state index contributed by atoms with van der Waals surface area (Å²) in [4.78, 5) is 21.1. The molecule has 0 heterocycles. The van der Waals surface area contributed by atoms with Gasteiger partial charge in [0.15, 0.2) is 0 Å². The first-order valence-corrected chi connectivity index (χ1v) is 4.43. The molecule has 78 valence electrons. The summed E-state index contributed by atoms with van der Waals surface area (Å²) in [6.45, 7) is 5.03. The van der Waals surface area contributed by atoms with Crippen molar-refractivity contribution in [3.05, 3.63) is 52.6 Å². The maximum Gasteiger partial charge on any atom is 0.269 e. The molecular formula is C11H11NO3. The fourth-order valence-corrected chi connectivity index (χ4v) is 1.34. The van der Waals surface area contributed by atoms with Crippen LogP contribution < -0.4 is 0 Å². The summed E-state index contributed by atoms with van der Waals surface area (Å²) in [6, 6.07) is 5.92. The molecule has 4 heteroatoms. The minimum Gasteiger partial charge on any atom is -0.299 e. The molecule has 0 saturated carbocycles. The highest BCUT2D eigenvalue weighted by molar-refractivity contribution is 5.85. The Labute approximate surface area is 87.4 Å². The van der Waals surface area contributed by atoms with Gasteiger partial charge < -0.3 is 0 Å². The van der Waals surface area contributed by atoms with Crippen LogP contribution in [-0.4, -0.2) is 10.7 Å². The number of non-ortho nitro benzene ring substituents is 1. The maximum atomic E-state index is 11.2. The Bertz CT molecular complexity index is 395. The Kier molecular flexibility index (Phi) is 3.33. The molecule has 0 bridgehead atoms. The van der Waals surface area contributed by atoms with E-state index in [1.165, 1.54) is 25.1 Å². The van der Waals surface area contributed by atoms with E-state index in [9.17, 15) is 14.9 Å². The first kappa shape index (κ1) is 11.1. The van der Waals surface area contributed by atoms with E-state index in [0.29, 0.717) is 0 Å². The topological polar surface area (TPSA) is 60.2 Å². The van der Waals surface area contributed by atoms with E-state index in [1.54, 1.807) is 12.1 Å². The largest absolute Gasteiger partial charge is 0.299 e. The van der Waals surface area contributed by atoms with Gasteiger partial charge in [-0.05, 0) is 12.5 Å². The summed E-state index contributed by atoms with van der Waals surface area (Å²) >= 11 is 0. The van der Waals surface area contributed by atoms with Gasteiger partial charge in [-0.2, -0.15) is 0 Å². The highest BCUT2D eigenvalue weighted by Gasteiger charge is 2.13. The molecule has 0 spiro atoms. The Hall–Kier alpha value is -1.97. The van der Waals surface area contributed by atoms with Crippen LogP contribution in [0.25, 0.3) is 0 Å². The number of carbonyl (C=O) groups is 1. The van der Waals surface area contributed by atoms with Crippen LogP contribution in [0.4, 0.5) is 5.69 Å². The number of nitro benzene ring substituents is 1. The fraction of sp³-hybridized carbons (Fsp3) is 0.182. The van der Waals surface area contributed by atoms with Gasteiger partial charge in [0, 0.05) is 12.1 Å². The molecule has 1 aromatic rings. The molecule has 1 atom stereocenters. The van der Waals surface area contributed by atoms with Crippen molar-refractivity contribution in [1.82, 2.24) is 0 Å². The lowest BCUT2D eigenvalue weighted by molar-refractivity contribution is -0.384. The van der Waals surface area contributed by atoms with Crippen LogP contribution in [0.15, 0.2) is 36.9 Å². The zero-order valence-electron chi connectivity index (χ0n) is 8.34. The highest BCUT2D eigenvalue weighted by atomic mass is 16.6. The molecule has 0 aliphatic heterocycles.